The molecular formula is C11H10ClN5O. The number of rotatable bonds is 3. The first-order valence-electron chi connectivity index (χ1n) is 5.02. The molecule has 5 N–H and O–H groups in total. The average molecular weight is 264 g/mol. The summed E-state index contributed by atoms with van der Waals surface area (Å²) in [6, 6.07) is 8.08. The molecule has 1 amide bonds. The molecule has 6 nitrogen and oxygen atoms in total. The van der Waals surface area contributed by atoms with Gasteiger partial charge in [0.2, 0.25) is 0 Å². The summed E-state index contributed by atoms with van der Waals surface area (Å²) >= 11 is 5.99. The minimum atomic E-state index is -0.629. The number of anilines is 3. The molecule has 0 atom stereocenters. The van der Waals surface area contributed by atoms with E-state index in [1.54, 1.807) is 24.3 Å². The van der Waals surface area contributed by atoms with Gasteiger partial charge in [-0.1, -0.05) is 11.6 Å². The number of amides is 1. The van der Waals surface area contributed by atoms with Crippen molar-refractivity contribution in [3.63, 3.8) is 0 Å². The van der Waals surface area contributed by atoms with Crippen LogP contribution in [0.5, 0.6) is 0 Å². The maximum absolute atomic E-state index is 10.8. The zero-order chi connectivity index (χ0) is 13.1. The number of nitrogens with two attached hydrogens (primary N) is 2. The van der Waals surface area contributed by atoms with Gasteiger partial charge in [-0.3, -0.25) is 4.79 Å². The molecule has 0 unspecified atom stereocenters. The van der Waals surface area contributed by atoms with Gasteiger partial charge in [0, 0.05) is 5.69 Å². The molecule has 1 aromatic carbocycles. The lowest BCUT2D eigenvalue weighted by atomic mass is 10.3. The normalized spacial score (nSPS) is 10.1. The van der Waals surface area contributed by atoms with Gasteiger partial charge in [0.25, 0.3) is 5.91 Å². The summed E-state index contributed by atoms with van der Waals surface area (Å²) in [5.74, 6) is -0.191. The van der Waals surface area contributed by atoms with Crippen LogP contribution in [0.25, 0.3) is 0 Å². The van der Waals surface area contributed by atoms with Gasteiger partial charge < -0.3 is 16.8 Å². The van der Waals surface area contributed by atoms with E-state index < -0.39 is 5.91 Å². The van der Waals surface area contributed by atoms with E-state index in [4.69, 9.17) is 23.1 Å². The summed E-state index contributed by atoms with van der Waals surface area (Å²) in [5, 5.41) is 10.9. The molecule has 0 aliphatic carbocycles. The number of carbonyl (C=O) groups excluding carboxylic acids is 1. The molecule has 0 bridgehead atoms. The summed E-state index contributed by atoms with van der Waals surface area (Å²) in [7, 11) is 0. The van der Waals surface area contributed by atoms with E-state index in [0.29, 0.717) is 22.2 Å². The van der Waals surface area contributed by atoms with Crippen LogP contribution in [0, 0.1) is 0 Å². The molecule has 0 radical (unpaired) electrons. The Balaban J connectivity index is 2.23. The summed E-state index contributed by atoms with van der Waals surface area (Å²) in [6.45, 7) is 0. The van der Waals surface area contributed by atoms with Crippen molar-refractivity contribution in [2.45, 2.75) is 0 Å². The van der Waals surface area contributed by atoms with Gasteiger partial charge in [0.1, 0.15) is 0 Å². The molecule has 92 valence electrons. The molecule has 1 aromatic heterocycles. The maximum atomic E-state index is 10.8. The van der Waals surface area contributed by atoms with E-state index in [9.17, 15) is 4.79 Å². The molecule has 0 fully saturated rings. The van der Waals surface area contributed by atoms with Crippen molar-refractivity contribution < 1.29 is 4.79 Å². The quantitative estimate of drug-likeness (QED) is 0.729. The molecule has 1 heterocycles. The number of nitrogens with one attached hydrogen (secondary N) is 1. The molecule has 0 saturated carbocycles. The second-order valence-corrected chi connectivity index (χ2v) is 3.94. The summed E-state index contributed by atoms with van der Waals surface area (Å²) < 4.78 is 0. The number of nitrogen functional groups attached to an aromatic ring is 1. The fourth-order valence-electron chi connectivity index (χ4n) is 1.31. The standard InChI is InChI=1S/C11H10ClN5O/c12-7-2-1-6(13)5-9(7)15-10-4-3-8(11(14)18)16-17-10/h1-5H,13H2,(H2,14,18)(H,15,17). The smallest absolute Gasteiger partial charge is 0.269 e. The van der Waals surface area contributed by atoms with Gasteiger partial charge in [-0.25, -0.2) is 0 Å². The number of hydrogen-bond donors (Lipinski definition) is 3. The van der Waals surface area contributed by atoms with Crippen LogP contribution in [-0.4, -0.2) is 16.1 Å². The predicted octanol–water partition coefficient (Wildman–Crippen LogP) is 1.55. The SMILES string of the molecule is NC(=O)c1ccc(Nc2cc(N)ccc2Cl)nn1. The molecule has 0 saturated heterocycles. The largest absolute Gasteiger partial charge is 0.399 e. The highest BCUT2D eigenvalue weighted by molar-refractivity contribution is 6.33. The Labute approximate surface area is 108 Å². The van der Waals surface area contributed by atoms with Gasteiger partial charge in [-0.2, -0.15) is 0 Å². The number of nitrogens with zero attached hydrogens (tertiary/aromatic N) is 2. The highest BCUT2D eigenvalue weighted by Gasteiger charge is 2.05. The highest BCUT2D eigenvalue weighted by Crippen LogP contribution is 2.26. The van der Waals surface area contributed by atoms with Crippen LogP contribution >= 0.6 is 11.6 Å². The van der Waals surface area contributed by atoms with Crippen LogP contribution in [0.2, 0.25) is 5.02 Å². The number of hydrogen-bond acceptors (Lipinski definition) is 5. The Morgan fingerprint density at radius 1 is 1.22 bits per heavy atom. The van der Waals surface area contributed by atoms with Crippen molar-refractivity contribution in [2.75, 3.05) is 11.1 Å². The predicted molar refractivity (Wildman–Crippen MR) is 69.7 cm³/mol. The first kappa shape index (κ1) is 12.1. The lowest BCUT2D eigenvalue weighted by molar-refractivity contribution is 0.0994. The zero-order valence-electron chi connectivity index (χ0n) is 9.22. The van der Waals surface area contributed by atoms with E-state index in [0.717, 1.165) is 0 Å². The Kier molecular flexibility index (Phi) is 3.29. The molecule has 0 aliphatic rings. The minimum absolute atomic E-state index is 0.0965. The number of primary amides is 1. The third-order valence-electron chi connectivity index (χ3n) is 2.17. The third-order valence-corrected chi connectivity index (χ3v) is 2.50. The van der Waals surface area contributed by atoms with Crippen molar-refractivity contribution >= 4 is 34.7 Å². The number of benzene rings is 1. The molecular weight excluding hydrogens is 254 g/mol. The van der Waals surface area contributed by atoms with E-state index >= 15 is 0 Å². The molecule has 0 aliphatic heterocycles. The molecule has 18 heavy (non-hydrogen) atoms. The van der Waals surface area contributed by atoms with Crippen LogP contribution in [0.1, 0.15) is 10.5 Å². The number of halogens is 1. The van der Waals surface area contributed by atoms with Crippen molar-refractivity contribution in [3.8, 4) is 0 Å². The van der Waals surface area contributed by atoms with Crippen LogP contribution in [0.15, 0.2) is 30.3 Å². The summed E-state index contributed by atoms with van der Waals surface area (Å²) in [5.41, 5.74) is 12.0. The molecule has 2 rings (SSSR count). The number of aromatic nitrogens is 2. The first-order chi connectivity index (χ1) is 8.56. The zero-order valence-corrected chi connectivity index (χ0v) is 9.98. The van der Waals surface area contributed by atoms with Crippen molar-refractivity contribution in [3.05, 3.63) is 41.0 Å². The molecule has 0 spiro atoms. The van der Waals surface area contributed by atoms with Crippen LogP contribution < -0.4 is 16.8 Å². The second-order valence-electron chi connectivity index (χ2n) is 3.53. The van der Waals surface area contributed by atoms with Gasteiger partial charge >= 0.3 is 0 Å². The molecule has 2 aromatic rings. The summed E-state index contributed by atoms with van der Waals surface area (Å²) in [6.07, 6.45) is 0. The van der Waals surface area contributed by atoms with Crippen LogP contribution in [0.4, 0.5) is 17.2 Å². The van der Waals surface area contributed by atoms with Crippen LogP contribution in [0.3, 0.4) is 0 Å². The fourth-order valence-corrected chi connectivity index (χ4v) is 1.47. The monoisotopic (exact) mass is 263 g/mol. The van der Waals surface area contributed by atoms with Crippen molar-refractivity contribution in [2.24, 2.45) is 5.73 Å². The van der Waals surface area contributed by atoms with Crippen molar-refractivity contribution in [1.29, 1.82) is 0 Å². The minimum Gasteiger partial charge on any atom is -0.399 e. The first-order valence-corrected chi connectivity index (χ1v) is 5.39. The maximum Gasteiger partial charge on any atom is 0.269 e. The van der Waals surface area contributed by atoms with E-state index in [-0.39, 0.29) is 5.69 Å². The van der Waals surface area contributed by atoms with Gasteiger partial charge in [0.05, 0.1) is 10.7 Å². The van der Waals surface area contributed by atoms with Gasteiger partial charge in [0.15, 0.2) is 11.5 Å². The van der Waals surface area contributed by atoms with Gasteiger partial charge in [-0.05, 0) is 30.3 Å². The Morgan fingerprint density at radius 3 is 2.61 bits per heavy atom. The van der Waals surface area contributed by atoms with E-state index in [1.807, 2.05) is 0 Å². The molecule has 7 heteroatoms. The Bertz CT molecular complexity index is 584. The van der Waals surface area contributed by atoms with E-state index in [1.165, 1.54) is 6.07 Å². The Hall–Kier alpha value is -2.34. The second kappa shape index (κ2) is 4.89. The van der Waals surface area contributed by atoms with Gasteiger partial charge in [-0.15, -0.1) is 10.2 Å². The summed E-state index contributed by atoms with van der Waals surface area (Å²) in [4.78, 5) is 10.8. The third kappa shape index (κ3) is 2.67. The highest BCUT2D eigenvalue weighted by atomic mass is 35.5. The average Bonchev–Trinajstić information content (AvgIpc) is 2.34. The lowest BCUT2D eigenvalue weighted by Gasteiger charge is -2.07. The van der Waals surface area contributed by atoms with Crippen molar-refractivity contribution in [1.82, 2.24) is 10.2 Å². The fraction of sp³-hybridized carbons (Fsp3) is 0. The topological polar surface area (TPSA) is 107 Å². The number of carbonyl (C=O) groups is 1. The Morgan fingerprint density at radius 2 is 2.00 bits per heavy atom. The van der Waals surface area contributed by atoms with E-state index in [2.05, 4.69) is 15.5 Å². The van der Waals surface area contributed by atoms with Crippen LogP contribution in [-0.2, 0) is 0 Å². The lowest BCUT2D eigenvalue weighted by Crippen LogP contribution is -2.13.